The Morgan fingerprint density at radius 3 is 2.69 bits per heavy atom. The van der Waals surface area contributed by atoms with Crippen LogP contribution in [0.1, 0.15) is 15.9 Å². The van der Waals surface area contributed by atoms with Crippen molar-refractivity contribution in [3.05, 3.63) is 86.4 Å². The molecule has 0 fully saturated rings. The van der Waals surface area contributed by atoms with E-state index in [2.05, 4.69) is 10.2 Å². The molecule has 0 aliphatic heterocycles. The van der Waals surface area contributed by atoms with Crippen LogP contribution in [0.3, 0.4) is 0 Å². The SMILES string of the molecule is Cc1c(Cl)cccc1-n1ccn2c(SCC(=O)c3cccc(Cl)c3)nnc2c1=O. The molecule has 2 aromatic carbocycles. The highest BCUT2D eigenvalue weighted by Gasteiger charge is 2.15. The molecular formula is C20H14Cl2N4O2S. The lowest BCUT2D eigenvalue weighted by Gasteiger charge is -2.10. The van der Waals surface area contributed by atoms with Crippen LogP contribution in [0.2, 0.25) is 10.0 Å². The summed E-state index contributed by atoms with van der Waals surface area (Å²) in [5.74, 6) is 0.0644. The van der Waals surface area contributed by atoms with Gasteiger partial charge in [0.05, 0.1) is 11.4 Å². The van der Waals surface area contributed by atoms with Gasteiger partial charge in [-0.1, -0.05) is 53.2 Å². The molecule has 29 heavy (non-hydrogen) atoms. The van der Waals surface area contributed by atoms with E-state index in [0.717, 1.165) is 5.56 Å². The minimum absolute atomic E-state index is 0.0860. The van der Waals surface area contributed by atoms with Gasteiger partial charge in [0.25, 0.3) is 0 Å². The maximum absolute atomic E-state index is 12.9. The number of ketones is 1. The highest BCUT2D eigenvalue weighted by Crippen LogP contribution is 2.22. The fourth-order valence-electron chi connectivity index (χ4n) is 2.89. The van der Waals surface area contributed by atoms with E-state index < -0.39 is 0 Å². The van der Waals surface area contributed by atoms with Gasteiger partial charge >= 0.3 is 5.56 Å². The third-order valence-electron chi connectivity index (χ3n) is 4.42. The van der Waals surface area contributed by atoms with Crippen molar-refractivity contribution in [2.45, 2.75) is 12.1 Å². The molecule has 0 radical (unpaired) electrons. The Morgan fingerprint density at radius 2 is 1.90 bits per heavy atom. The van der Waals surface area contributed by atoms with Gasteiger partial charge in [-0.3, -0.25) is 18.6 Å². The van der Waals surface area contributed by atoms with E-state index in [4.69, 9.17) is 23.2 Å². The third kappa shape index (κ3) is 3.81. The monoisotopic (exact) mass is 444 g/mol. The quantitative estimate of drug-likeness (QED) is 0.335. The molecule has 0 saturated carbocycles. The summed E-state index contributed by atoms with van der Waals surface area (Å²) in [6.07, 6.45) is 3.34. The molecule has 6 nitrogen and oxygen atoms in total. The number of nitrogens with zero attached hydrogens (tertiary/aromatic N) is 4. The van der Waals surface area contributed by atoms with Crippen molar-refractivity contribution in [1.29, 1.82) is 0 Å². The Morgan fingerprint density at radius 1 is 1.10 bits per heavy atom. The lowest BCUT2D eigenvalue weighted by Crippen LogP contribution is -2.21. The zero-order chi connectivity index (χ0) is 20.5. The summed E-state index contributed by atoms with van der Waals surface area (Å²) in [7, 11) is 0. The van der Waals surface area contributed by atoms with E-state index in [1.165, 1.54) is 16.3 Å². The largest absolute Gasteiger partial charge is 0.300 e. The van der Waals surface area contributed by atoms with Gasteiger partial charge < -0.3 is 0 Å². The summed E-state index contributed by atoms with van der Waals surface area (Å²) >= 11 is 13.3. The summed E-state index contributed by atoms with van der Waals surface area (Å²) in [6.45, 7) is 1.85. The minimum Gasteiger partial charge on any atom is -0.293 e. The molecule has 0 aliphatic rings. The van der Waals surface area contributed by atoms with Gasteiger partial charge in [-0.15, -0.1) is 10.2 Å². The number of fused-ring (bicyclic) bond motifs is 1. The second kappa shape index (κ2) is 8.02. The number of Topliss-reactive ketones (excluding diaryl/α,β-unsaturated/α-hetero) is 1. The zero-order valence-corrected chi connectivity index (χ0v) is 17.5. The van der Waals surface area contributed by atoms with Gasteiger partial charge in [0.2, 0.25) is 5.65 Å². The molecule has 0 spiro atoms. The molecule has 2 aromatic heterocycles. The smallest absolute Gasteiger partial charge is 0.293 e. The number of carbonyl (C=O) groups excluding carboxylic acids is 1. The minimum atomic E-state index is -0.321. The van der Waals surface area contributed by atoms with Crippen molar-refractivity contribution in [3.63, 3.8) is 0 Å². The Hall–Kier alpha value is -2.61. The van der Waals surface area contributed by atoms with Crippen LogP contribution >= 0.6 is 35.0 Å². The number of hydrogen-bond donors (Lipinski definition) is 0. The van der Waals surface area contributed by atoms with Gasteiger partial charge in [-0.25, -0.2) is 0 Å². The average molecular weight is 445 g/mol. The molecule has 0 unspecified atom stereocenters. The Balaban J connectivity index is 1.63. The molecule has 9 heteroatoms. The summed E-state index contributed by atoms with van der Waals surface area (Å²) in [5, 5.41) is 9.63. The number of carbonyl (C=O) groups is 1. The molecular weight excluding hydrogens is 431 g/mol. The number of halogens is 2. The molecule has 0 aliphatic carbocycles. The molecule has 0 amide bonds. The Bertz CT molecular complexity index is 1300. The maximum Gasteiger partial charge on any atom is 0.300 e. The first-order valence-corrected chi connectivity index (χ1v) is 10.3. The molecule has 0 saturated heterocycles. The number of thioether (sulfide) groups is 1. The second-order valence-corrected chi connectivity index (χ2v) is 8.04. The molecule has 0 bridgehead atoms. The Labute approximate surface area is 180 Å². The maximum atomic E-state index is 12.9. The van der Waals surface area contributed by atoms with Gasteiger partial charge in [0.1, 0.15) is 0 Å². The van der Waals surface area contributed by atoms with E-state index in [1.807, 2.05) is 13.0 Å². The van der Waals surface area contributed by atoms with E-state index in [9.17, 15) is 9.59 Å². The first-order valence-electron chi connectivity index (χ1n) is 8.59. The van der Waals surface area contributed by atoms with Gasteiger partial charge in [-0.2, -0.15) is 0 Å². The van der Waals surface area contributed by atoms with Crippen LogP contribution in [0.4, 0.5) is 0 Å². The normalized spacial score (nSPS) is 11.1. The van der Waals surface area contributed by atoms with Crippen molar-refractivity contribution in [2.24, 2.45) is 0 Å². The molecule has 0 atom stereocenters. The van der Waals surface area contributed by atoms with Crippen LogP contribution in [0.5, 0.6) is 0 Å². The zero-order valence-electron chi connectivity index (χ0n) is 15.2. The van der Waals surface area contributed by atoms with Crippen molar-refractivity contribution in [1.82, 2.24) is 19.2 Å². The van der Waals surface area contributed by atoms with Gasteiger partial charge in [0, 0.05) is 28.0 Å². The summed E-state index contributed by atoms with van der Waals surface area (Å²) in [4.78, 5) is 25.3. The Kier molecular flexibility index (Phi) is 5.45. The van der Waals surface area contributed by atoms with Crippen LogP contribution in [-0.2, 0) is 0 Å². The fourth-order valence-corrected chi connectivity index (χ4v) is 4.06. The predicted molar refractivity (Wildman–Crippen MR) is 115 cm³/mol. The van der Waals surface area contributed by atoms with Crippen molar-refractivity contribution >= 4 is 46.4 Å². The number of benzene rings is 2. The van der Waals surface area contributed by atoms with Gasteiger partial charge in [-0.05, 0) is 36.8 Å². The van der Waals surface area contributed by atoms with Crippen LogP contribution in [0, 0.1) is 6.92 Å². The number of hydrogen-bond acceptors (Lipinski definition) is 5. The lowest BCUT2D eigenvalue weighted by molar-refractivity contribution is 0.102. The molecule has 146 valence electrons. The first kappa shape index (κ1) is 19.7. The highest BCUT2D eigenvalue weighted by atomic mass is 35.5. The summed E-state index contributed by atoms with van der Waals surface area (Å²) < 4.78 is 3.06. The number of aromatic nitrogens is 4. The number of rotatable bonds is 5. The summed E-state index contributed by atoms with van der Waals surface area (Å²) in [5.41, 5.74) is 1.85. The standard InChI is InChI=1S/C20H14Cl2N4O2S/c1-12-15(22)6-3-7-16(12)25-8-9-26-18(19(25)28)23-24-20(26)29-11-17(27)13-4-2-5-14(21)10-13/h2-10H,11H2,1H3. The molecule has 4 aromatic rings. The fraction of sp³-hybridized carbons (Fsp3) is 0.100. The van der Waals surface area contributed by atoms with E-state index in [1.54, 1.807) is 53.2 Å². The van der Waals surface area contributed by atoms with Crippen LogP contribution in [0.25, 0.3) is 11.3 Å². The van der Waals surface area contributed by atoms with E-state index in [0.29, 0.717) is 26.5 Å². The van der Waals surface area contributed by atoms with E-state index >= 15 is 0 Å². The third-order valence-corrected chi connectivity index (χ3v) is 6.00. The molecule has 0 N–H and O–H groups in total. The van der Waals surface area contributed by atoms with E-state index in [-0.39, 0.29) is 22.7 Å². The van der Waals surface area contributed by atoms with Gasteiger partial charge in [0.15, 0.2) is 10.9 Å². The van der Waals surface area contributed by atoms with Crippen LogP contribution < -0.4 is 5.56 Å². The van der Waals surface area contributed by atoms with Crippen molar-refractivity contribution in [3.8, 4) is 5.69 Å². The highest BCUT2D eigenvalue weighted by molar-refractivity contribution is 7.99. The summed E-state index contributed by atoms with van der Waals surface area (Å²) in [6, 6.07) is 12.1. The second-order valence-electron chi connectivity index (χ2n) is 6.26. The lowest BCUT2D eigenvalue weighted by atomic mass is 10.1. The molecule has 2 heterocycles. The van der Waals surface area contributed by atoms with Crippen LogP contribution in [-0.4, -0.2) is 30.7 Å². The van der Waals surface area contributed by atoms with Crippen molar-refractivity contribution in [2.75, 3.05) is 5.75 Å². The molecule has 4 rings (SSSR count). The average Bonchev–Trinajstić information content (AvgIpc) is 3.13. The first-order chi connectivity index (χ1) is 14.0. The van der Waals surface area contributed by atoms with Crippen LogP contribution in [0.15, 0.2) is 64.8 Å². The van der Waals surface area contributed by atoms with Crippen molar-refractivity contribution < 1.29 is 4.79 Å². The predicted octanol–water partition coefficient (Wildman–Crippen LogP) is 4.47. The topological polar surface area (TPSA) is 69.3 Å².